The predicted octanol–water partition coefficient (Wildman–Crippen LogP) is 3.87. The van der Waals surface area contributed by atoms with Crippen LogP contribution in [0.2, 0.25) is 5.15 Å². The monoisotopic (exact) mass is 458 g/mol. The van der Waals surface area contributed by atoms with Crippen molar-refractivity contribution in [3.8, 4) is 0 Å². The Labute approximate surface area is 182 Å². The van der Waals surface area contributed by atoms with Crippen LogP contribution in [0, 0.1) is 11.6 Å². The van der Waals surface area contributed by atoms with Gasteiger partial charge < -0.3 is 15.2 Å². The van der Waals surface area contributed by atoms with Crippen LogP contribution in [-0.2, 0) is 6.54 Å². The fourth-order valence-electron chi connectivity index (χ4n) is 3.63. The normalized spacial score (nSPS) is 18.8. The molecule has 0 spiro atoms. The maximum Gasteiger partial charge on any atom is 0.253 e. The van der Waals surface area contributed by atoms with E-state index < -0.39 is 29.8 Å². The summed E-state index contributed by atoms with van der Waals surface area (Å²) >= 11 is 5.90. The lowest BCUT2D eigenvalue weighted by Crippen LogP contribution is -2.50. The lowest BCUT2D eigenvalue weighted by Gasteiger charge is -2.27. The highest BCUT2D eigenvalue weighted by Gasteiger charge is 2.28. The van der Waals surface area contributed by atoms with Crippen LogP contribution in [0.3, 0.4) is 0 Å². The number of piperidine rings is 1. The highest BCUT2D eigenvalue weighted by molar-refractivity contribution is 6.29. The molecule has 1 fully saturated rings. The number of hydrogen-bond acceptors (Lipinski definition) is 3. The Balaban J connectivity index is 0.00000256. The molecule has 1 aliphatic rings. The van der Waals surface area contributed by atoms with Gasteiger partial charge in [0.05, 0.1) is 22.5 Å². The molecule has 5 nitrogen and oxygen atoms in total. The van der Waals surface area contributed by atoms with Crippen LogP contribution in [0.25, 0.3) is 10.9 Å². The number of amides is 1. The van der Waals surface area contributed by atoms with Crippen LogP contribution < -0.4 is 10.6 Å². The van der Waals surface area contributed by atoms with Gasteiger partial charge in [0.25, 0.3) is 5.91 Å². The maximum absolute atomic E-state index is 14.6. The summed E-state index contributed by atoms with van der Waals surface area (Å²) in [5.74, 6) is -2.02. The van der Waals surface area contributed by atoms with Gasteiger partial charge in [-0.05, 0) is 42.8 Å². The van der Waals surface area contributed by atoms with Crippen molar-refractivity contribution in [2.45, 2.75) is 25.2 Å². The van der Waals surface area contributed by atoms with E-state index in [0.29, 0.717) is 18.5 Å². The van der Waals surface area contributed by atoms with E-state index in [1.54, 1.807) is 12.1 Å². The molecule has 2 atom stereocenters. The summed E-state index contributed by atoms with van der Waals surface area (Å²) in [6.45, 7) is 0.864. The Morgan fingerprint density at radius 3 is 2.80 bits per heavy atom. The molecular formula is C20H19Cl2F3N4O. The summed E-state index contributed by atoms with van der Waals surface area (Å²) < 4.78 is 44.7. The Kier molecular flexibility index (Phi) is 6.90. The minimum atomic E-state index is -1.25. The van der Waals surface area contributed by atoms with Crippen molar-refractivity contribution in [1.82, 2.24) is 20.2 Å². The van der Waals surface area contributed by atoms with Crippen LogP contribution in [-0.4, -0.2) is 40.8 Å². The summed E-state index contributed by atoms with van der Waals surface area (Å²) in [5, 5.41) is 5.66. The molecule has 160 valence electrons. The molecule has 1 amide bonds. The van der Waals surface area contributed by atoms with Crippen molar-refractivity contribution in [3.63, 3.8) is 0 Å². The molecule has 0 aliphatic carbocycles. The van der Waals surface area contributed by atoms with Gasteiger partial charge in [0.1, 0.15) is 23.0 Å². The average molecular weight is 459 g/mol. The first-order valence-corrected chi connectivity index (χ1v) is 9.54. The van der Waals surface area contributed by atoms with Gasteiger partial charge in [0.2, 0.25) is 0 Å². The topological polar surface area (TPSA) is 59.0 Å². The molecule has 3 aromatic rings. The second-order valence-electron chi connectivity index (χ2n) is 7.00. The molecule has 2 aromatic heterocycles. The number of carbonyl (C=O) groups is 1. The zero-order valence-corrected chi connectivity index (χ0v) is 17.2. The molecule has 4 rings (SSSR count). The van der Waals surface area contributed by atoms with E-state index >= 15 is 0 Å². The molecule has 0 saturated carbocycles. The second-order valence-corrected chi connectivity index (χ2v) is 7.39. The van der Waals surface area contributed by atoms with Gasteiger partial charge in [-0.3, -0.25) is 4.79 Å². The lowest BCUT2D eigenvalue weighted by atomic mass is 10.0. The molecule has 1 aliphatic heterocycles. The summed E-state index contributed by atoms with van der Waals surface area (Å²) in [4.78, 5) is 16.7. The largest absolute Gasteiger partial charge is 0.346 e. The minimum absolute atomic E-state index is 0. The molecule has 10 heteroatoms. The van der Waals surface area contributed by atoms with E-state index in [0.717, 1.165) is 12.1 Å². The van der Waals surface area contributed by atoms with E-state index in [4.69, 9.17) is 11.6 Å². The highest BCUT2D eigenvalue weighted by atomic mass is 35.5. The Morgan fingerprint density at radius 2 is 2.07 bits per heavy atom. The Morgan fingerprint density at radius 1 is 1.30 bits per heavy atom. The van der Waals surface area contributed by atoms with E-state index in [9.17, 15) is 18.0 Å². The minimum Gasteiger partial charge on any atom is -0.346 e. The number of alkyl halides is 1. The smallest absolute Gasteiger partial charge is 0.253 e. The van der Waals surface area contributed by atoms with Crippen molar-refractivity contribution in [2.24, 2.45) is 0 Å². The summed E-state index contributed by atoms with van der Waals surface area (Å²) in [5.41, 5.74) is 0.632. The Hall–Kier alpha value is -2.29. The van der Waals surface area contributed by atoms with E-state index in [2.05, 4.69) is 15.6 Å². The molecular weight excluding hydrogens is 440 g/mol. The van der Waals surface area contributed by atoms with Gasteiger partial charge in [-0.2, -0.15) is 0 Å². The van der Waals surface area contributed by atoms with Crippen LogP contribution in [0.15, 0.2) is 36.7 Å². The number of nitrogens with zero attached hydrogens (tertiary/aromatic N) is 2. The zero-order valence-electron chi connectivity index (χ0n) is 15.7. The third kappa shape index (κ3) is 4.40. The number of halogens is 5. The van der Waals surface area contributed by atoms with Crippen molar-refractivity contribution in [3.05, 3.63) is 64.6 Å². The summed E-state index contributed by atoms with van der Waals surface area (Å²) in [6, 6.07) is 4.60. The number of rotatable bonds is 4. The van der Waals surface area contributed by atoms with Crippen molar-refractivity contribution in [2.75, 3.05) is 13.1 Å². The van der Waals surface area contributed by atoms with E-state index in [1.807, 2.05) is 0 Å². The Bertz CT molecular complexity index is 1080. The summed E-state index contributed by atoms with van der Waals surface area (Å²) in [6.07, 6.45) is 2.06. The third-order valence-corrected chi connectivity index (χ3v) is 5.24. The average Bonchev–Trinajstić information content (AvgIpc) is 3.07. The SMILES string of the molecule is Cl.O=C(N[C@H]1CCNC[C@H]1F)c1cn(Cc2ccnc(Cl)c2)c2c(F)ccc(F)c12. The number of hydrogen-bond donors (Lipinski definition) is 2. The molecule has 0 radical (unpaired) electrons. The highest BCUT2D eigenvalue weighted by Crippen LogP contribution is 2.28. The fourth-order valence-corrected chi connectivity index (χ4v) is 3.82. The second kappa shape index (κ2) is 9.24. The van der Waals surface area contributed by atoms with Gasteiger partial charge >= 0.3 is 0 Å². The van der Waals surface area contributed by atoms with Gasteiger partial charge in [-0.1, -0.05) is 11.6 Å². The van der Waals surface area contributed by atoms with E-state index in [-0.39, 0.29) is 47.1 Å². The van der Waals surface area contributed by atoms with Gasteiger partial charge in [-0.15, -0.1) is 12.4 Å². The van der Waals surface area contributed by atoms with Gasteiger partial charge in [-0.25, -0.2) is 18.2 Å². The first-order chi connectivity index (χ1) is 13.9. The quantitative estimate of drug-likeness (QED) is 0.583. The van der Waals surface area contributed by atoms with Crippen molar-refractivity contribution < 1.29 is 18.0 Å². The van der Waals surface area contributed by atoms with Crippen LogP contribution in [0.4, 0.5) is 13.2 Å². The van der Waals surface area contributed by atoms with E-state index in [1.165, 1.54) is 17.0 Å². The molecule has 1 aromatic carbocycles. The molecule has 1 saturated heterocycles. The first kappa shape index (κ1) is 22.4. The first-order valence-electron chi connectivity index (χ1n) is 9.17. The lowest BCUT2D eigenvalue weighted by molar-refractivity contribution is 0.0893. The van der Waals surface area contributed by atoms with Gasteiger partial charge in [0.15, 0.2) is 0 Å². The maximum atomic E-state index is 14.6. The summed E-state index contributed by atoms with van der Waals surface area (Å²) in [7, 11) is 0. The number of benzene rings is 1. The number of carbonyl (C=O) groups excluding carboxylic acids is 1. The molecule has 2 N–H and O–H groups in total. The molecule has 3 heterocycles. The standard InChI is InChI=1S/C20H18ClF3N4O.ClH/c21-17-7-11(3-6-26-17)9-28-10-12(18-13(22)1-2-14(23)19(18)28)20(29)27-16-4-5-25-8-15(16)24;/h1-3,6-7,10,15-16,25H,4-5,8-9H2,(H,27,29);1H/t15-,16+;/m1./s1. The number of pyridine rings is 1. The van der Waals surface area contributed by atoms with Crippen molar-refractivity contribution in [1.29, 1.82) is 0 Å². The fraction of sp³-hybridized carbons (Fsp3) is 0.300. The van der Waals surface area contributed by atoms with Crippen LogP contribution in [0.5, 0.6) is 0 Å². The molecule has 0 bridgehead atoms. The van der Waals surface area contributed by atoms with Crippen LogP contribution >= 0.6 is 24.0 Å². The van der Waals surface area contributed by atoms with Crippen molar-refractivity contribution >= 4 is 40.8 Å². The molecule has 0 unspecified atom stereocenters. The predicted molar refractivity (Wildman–Crippen MR) is 111 cm³/mol. The number of fused-ring (bicyclic) bond motifs is 1. The number of aromatic nitrogens is 2. The molecule has 30 heavy (non-hydrogen) atoms. The zero-order chi connectivity index (χ0) is 20.5. The van der Waals surface area contributed by atoms with Gasteiger partial charge in [0, 0.05) is 25.5 Å². The third-order valence-electron chi connectivity index (χ3n) is 5.03. The van der Waals surface area contributed by atoms with Crippen LogP contribution in [0.1, 0.15) is 22.3 Å². The number of nitrogens with one attached hydrogen (secondary N) is 2.